The second-order valence-electron chi connectivity index (χ2n) is 3.25. The molecule has 2 nitrogen and oxygen atoms in total. The van der Waals surface area contributed by atoms with E-state index in [1.807, 2.05) is 0 Å². The minimum atomic E-state index is -5.12. The molecule has 0 aliphatic carbocycles. The van der Waals surface area contributed by atoms with E-state index in [9.17, 15) is 31.1 Å². The van der Waals surface area contributed by atoms with E-state index in [4.69, 9.17) is 11.6 Å². The number of amides is 1. The van der Waals surface area contributed by atoms with Crippen molar-refractivity contribution in [1.82, 2.24) is 0 Å². The maximum Gasteiger partial charge on any atom is 0.417 e. The zero-order valence-corrected chi connectivity index (χ0v) is 9.04. The Morgan fingerprint density at radius 3 is 1.56 bits per heavy atom. The van der Waals surface area contributed by atoms with Crippen molar-refractivity contribution in [2.24, 2.45) is 5.73 Å². The summed E-state index contributed by atoms with van der Waals surface area (Å²) in [5.41, 5.74) is 0.241. The summed E-state index contributed by atoms with van der Waals surface area (Å²) in [6, 6.07) is 0.361. The summed E-state index contributed by atoms with van der Waals surface area (Å²) in [6.07, 6.45) is -10.2. The zero-order valence-electron chi connectivity index (χ0n) is 8.29. The molecule has 1 amide bonds. The van der Waals surface area contributed by atoms with Crippen LogP contribution in [0, 0.1) is 0 Å². The highest BCUT2D eigenvalue weighted by molar-refractivity contribution is 6.32. The minimum Gasteiger partial charge on any atom is -0.366 e. The molecule has 100 valence electrons. The first-order chi connectivity index (χ1) is 7.94. The van der Waals surface area contributed by atoms with E-state index in [0.29, 0.717) is 0 Å². The smallest absolute Gasteiger partial charge is 0.366 e. The quantitative estimate of drug-likeness (QED) is 0.791. The first kappa shape index (κ1) is 14.6. The molecule has 0 saturated carbocycles. The molecule has 1 rings (SSSR count). The van der Waals surface area contributed by atoms with Gasteiger partial charge in [-0.05, 0) is 12.1 Å². The first-order valence-electron chi connectivity index (χ1n) is 4.22. The van der Waals surface area contributed by atoms with E-state index in [-0.39, 0.29) is 12.1 Å². The number of primary amides is 1. The summed E-state index contributed by atoms with van der Waals surface area (Å²) >= 11 is 5.06. The van der Waals surface area contributed by atoms with Gasteiger partial charge in [-0.15, -0.1) is 0 Å². The Hall–Kier alpha value is -1.44. The van der Waals surface area contributed by atoms with Gasteiger partial charge in [-0.1, -0.05) is 11.6 Å². The Kier molecular flexibility index (Phi) is 3.53. The molecule has 0 fully saturated rings. The summed E-state index contributed by atoms with van der Waals surface area (Å²) in [7, 11) is 0. The number of hydrogen-bond acceptors (Lipinski definition) is 1. The molecule has 0 unspecified atom stereocenters. The molecular weight excluding hydrogens is 288 g/mol. The van der Waals surface area contributed by atoms with Crippen molar-refractivity contribution in [3.8, 4) is 0 Å². The zero-order chi connectivity index (χ0) is 14.3. The molecule has 0 atom stereocenters. The Morgan fingerprint density at radius 2 is 1.33 bits per heavy atom. The number of halogens is 7. The lowest BCUT2D eigenvalue weighted by Crippen LogP contribution is -2.18. The van der Waals surface area contributed by atoms with Gasteiger partial charge < -0.3 is 5.73 Å². The number of hydrogen-bond donors (Lipinski definition) is 1. The predicted molar refractivity (Wildman–Crippen MR) is 50.0 cm³/mol. The summed E-state index contributed by atoms with van der Waals surface area (Å²) in [5, 5.41) is -1.51. The number of nitrogens with two attached hydrogens (primary N) is 1. The highest BCUT2D eigenvalue weighted by Gasteiger charge is 2.41. The summed E-state index contributed by atoms with van der Waals surface area (Å²) in [4.78, 5) is 10.7. The van der Waals surface area contributed by atoms with Crippen LogP contribution in [0.5, 0.6) is 0 Å². The van der Waals surface area contributed by atoms with Crippen molar-refractivity contribution in [3.63, 3.8) is 0 Å². The topological polar surface area (TPSA) is 43.1 Å². The number of benzene rings is 1. The average Bonchev–Trinajstić information content (AvgIpc) is 2.13. The number of alkyl halides is 6. The van der Waals surface area contributed by atoms with Gasteiger partial charge in [0, 0.05) is 5.56 Å². The molecule has 1 aromatic rings. The molecule has 0 spiro atoms. The maximum absolute atomic E-state index is 12.5. The van der Waals surface area contributed by atoms with Crippen molar-refractivity contribution >= 4 is 17.5 Å². The van der Waals surface area contributed by atoms with E-state index in [0.717, 1.165) is 0 Å². The standard InChI is InChI=1S/C9H4ClF6NO/c10-6-4(8(11,12)13)1-3(7(17)18)2-5(6)9(14,15)16/h1-2H,(H2,17,18). The fourth-order valence-corrected chi connectivity index (χ4v) is 1.50. The highest BCUT2D eigenvalue weighted by Crippen LogP contribution is 2.42. The largest absolute Gasteiger partial charge is 0.417 e. The number of rotatable bonds is 1. The Labute approximate surface area is 101 Å². The third kappa shape index (κ3) is 2.87. The van der Waals surface area contributed by atoms with Crippen molar-refractivity contribution < 1.29 is 31.1 Å². The van der Waals surface area contributed by atoms with Gasteiger partial charge in [-0.3, -0.25) is 4.79 Å². The summed E-state index contributed by atoms with van der Waals surface area (Å²) in [6.45, 7) is 0. The van der Waals surface area contributed by atoms with E-state index in [1.54, 1.807) is 0 Å². The van der Waals surface area contributed by atoms with Gasteiger partial charge in [0.15, 0.2) is 0 Å². The molecule has 0 aliphatic heterocycles. The summed E-state index contributed by atoms with van der Waals surface area (Å²) < 4.78 is 74.7. The lowest BCUT2D eigenvalue weighted by atomic mass is 10.0. The van der Waals surface area contributed by atoms with E-state index < -0.39 is 40.0 Å². The van der Waals surface area contributed by atoms with Crippen LogP contribution in [0.2, 0.25) is 5.02 Å². The molecule has 0 aromatic heterocycles. The molecule has 9 heteroatoms. The Morgan fingerprint density at radius 1 is 1.00 bits per heavy atom. The van der Waals surface area contributed by atoms with Crippen LogP contribution in [-0.4, -0.2) is 5.91 Å². The third-order valence-corrected chi connectivity index (χ3v) is 2.38. The number of carbonyl (C=O) groups excluding carboxylic acids is 1. The van der Waals surface area contributed by atoms with E-state index >= 15 is 0 Å². The van der Waals surface area contributed by atoms with Crippen LogP contribution in [-0.2, 0) is 12.4 Å². The van der Waals surface area contributed by atoms with Crippen molar-refractivity contribution in [1.29, 1.82) is 0 Å². The van der Waals surface area contributed by atoms with Gasteiger partial charge in [0.25, 0.3) is 0 Å². The van der Waals surface area contributed by atoms with Gasteiger partial charge in [-0.25, -0.2) is 0 Å². The maximum atomic E-state index is 12.5. The van der Waals surface area contributed by atoms with Crippen LogP contribution in [0.3, 0.4) is 0 Å². The first-order valence-corrected chi connectivity index (χ1v) is 4.60. The van der Waals surface area contributed by atoms with E-state index in [1.165, 1.54) is 0 Å². The molecule has 0 saturated heterocycles. The van der Waals surface area contributed by atoms with Gasteiger partial charge in [-0.2, -0.15) is 26.3 Å². The van der Waals surface area contributed by atoms with Crippen LogP contribution in [0.4, 0.5) is 26.3 Å². The Bertz CT molecular complexity index is 458. The molecule has 2 N–H and O–H groups in total. The SMILES string of the molecule is NC(=O)c1cc(C(F)(F)F)c(Cl)c(C(F)(F)F)c1. The van der Waals surface area contributed by atoms with E-state index in [2.05, 4.69) is 5.73 Å². The lowest BCUT2D eigenvalue weighted by molar-refractivity contribution is -0.142. The average molecular weight is 292 g/mol. The molecule has 1 aromatic carbocycles. The Balaban J connectivity index is 3.64. The van der Waals surface area contributed by atoms with Crippen LogP contribution < -0.4 is 5.73 Å². The van der Waals surface area contributed by atoms with Crippen LogP contribution in [0.15, 0.2) is 12.1 Å². The fourth-order valence-electron chi connectivity index (χ4n) is 1.18. The van der Waals surface area contributed by atoms with Gasteiger partial charge in [0.1, 0.15) is 0 Å². The summed E-state index contributed by atoms with van der Waals surface area (Å²) in [5.74, 6) is -1.41. The van der Waals surface area contributed by atoms with Crippen molar-refractivity contribution in [3.05, 3.63) is 33.8 Å². The molecular formula is C9H4ClF6NO. The third-order valence-electron chi connectivity index (χ3n) is 1.97. The van der Waals surface area contributed by atoms with Gasteiger partial charge >= 0.3 is 12.4 Å². The highest BCUT2D eigenvalue weighted by atomic mass is 35.5. The van der Waals surface area contributed by atoms with Crippen LogP contribution in [0.25, 0.3) is 0 Å². The fraction of sp³-hybridized carbons (Fsp3) is 0.222. The van der Waals surface area contributed by atoms with Gasteiger partial charge in [0.05, 0.1) is 16.1 Å². The second-order valence-corrected chi connectivity index (χ2v) is 3.62. The van der Waals surface area contributed by atoms with Crippen molar-refractivity contribution in [2.45, 2.75) is 12.4 Å². The second kappa shape index (κ2) is 4.34. The van der Waals surface area contributed by atoms with Crippen molar-refractivity contribution in [2.75, 3.05) is 0 Å². The normalized spacial score (nSPS) is 12.6. The van der Waals surface area contributed by atoms with Crippen LogP contribution in [0.1, 0.15) is 21.5 Å². The molecule has 0 radical (unpaired) electrons. The molecule has 0 bridgehead atoms. The molecule has 18 heavy (non-hydrogen) atoms. The minimum absolute atomic E-state index is 0.180. The van der Waals surface area contributed by atoms with Gasteiger partial charge in [0.2, 0.25) is 5.91 Å². The van der Waals surface area contributed by atoms with Crippen LogP contribution >= 0.6 is 11.6 Å². The predicted octanol–water partition coefficient (Wildman–Crippen LogP) is 3.48. The number of carbonyl (C=O) groups is 1. The lowest BCUT2D eigenvalue weighted by Gasteiger charge is -2.15. The monoisotopic (exact) mass is 291 g/mol. The molecule has 0 aliphatic rings. The molecule has 0 heterocycles.